The third-order valence-electron chi connectivity index (χ3n) is 2.20. The van der Waals surface area contributed by atoms with Gasteiger partial charge in [0.1, 0.15) is 0 Å². The van der Waals surface area contributed by atoms with Gasteiger partial charge in [0.2, 0.25) is 0 Å². The zero-order valence-corrected chi connectivity index (χ0v) is 12.0. The quantitative estimate of drug-likeness (QED) is 0.489. The van der Waals surface area contributed by atoms with Crippen LogP contribution >= 0.6 is 46.6 Å². The number of nitrogens with two attached hydrogens (primary N) is 1. The van der Waals surface area contributed by atoms with Crippen molar-refractivity contribution in [2.24, 2.45) is 5.73 Å². The molecule has 0 spiro atoms. The van der Waals surface area contributed by atoms with E-state index in [1.807, 2.05) is 30.3 Å². The predicted molar refractivity (Wildman–Crippen MR) is 75.3 cm³/mol. The number of halogens is 3. The van der Waals surface area contributed by atoms with Gasteiger partial charge >= 0.3 is 5.97 Å². The number of carbonyl (C=O) groups excluding carboxylic acids is 1. The number of hydrogen-bond donors (Lipinski definition) is 1. The van der Waals surface area contributed by atoms with Crippen LogP contribution in [-0.4, -0.2) is 14.8 Å². The highest BCUT2D eigenvalue weighted by molar-refractivity contribution is 8.06. The van der Waals surface area contributed by atoms with Gasteiger partial charge in [-0.25, -0.2) is 4.79 Å². The van der Waals surface area contributed by atoms with E-state index < -0.39 is 14.8 Å². The molecule has 1 aromatic rings. The van der Waals surface area contributed by atoms with Crippen molar-refractivity contribution in [3.8, 4) is 0 Å². The average Bonchev–Trinajstić information content (AvgIpc) is 2.56. The molecule has 0 bridgehead atoms. The molecule has 1 saturated heterocycles. The largest absolute Gasteiger partial charge is 0.425 e. The molecule has 1 aliphatic heterocycles. The van der Waals surface area contributed by atoms with Gasteiger partial charge in [-0.3, -0.25) is 5.73 Å². The first-order chi connectivity index (χ1) is 8.32. The molecule has 1 unspecified atom stereocenters. The van der Waals surface area contributed by atoms with Crippen LogP contribution in [0.4, 0.5) is 0 Å². The minimum atomic E-state index is -1.90. The van der Waals surface area contributed by atoms with Crippen LogP contribution in [0.3, 0.4) is 0 Å². The van der Waals surface area contributed by atoms with Crippen molar-refractivity contribution >= 4 is 58.6 Å². The van der Waals surface area contributed by atoms with Gasteiger partial charge < -0.3 is 4.74 Å². The lowest BCUT2D eigenvalue weighted by molar-refractivity contribution is -0.143. The Bertz CT molecular complexity index is 501. The molecule has 18 heavy (non-hydrogen) atoms. The summed E-state index contributed by atoms with van der Waals surface area (Å²) in [6.45, 7) is 0. The van der Waals surface area contributed by atoms with Crippen molar-refractivity contribution in [3.63, 3.8) is 0 Å². The molecule has 7 heteroatoms. The molecule has 0 aromatic heterocycles. The second-order valence-electron chi connectivity index (χ2n) is 3.58. The van der Waals surface area contributed by atoms with Crippen molar-refractivity contribution in [3.05, 3.63) is 40.8 Å². The first-order valence-electron chi connectivity index (χ1n) is 4.86. The molecule has 1 heterocycles. The molecular weight excluding hydrogens is 317 g/mol. The summed E-state index contributed by atoms with van der Waals surface area (Å²) in [5.74, 6) is -0.599. The summed E-state index contributed by atoms with van der Waals surface area (Å²) in [6.07, 6.45) is 1.64. The maximum Gasteiger partial charge on any atom is 0.347 e. The number of cyclic esters (lactones) is 1. The number of hydrogen-bond acceptors (Lipinski definition) is 4. The Morgan fingerprint density at radius 3 is 2.39 bits per heavy atom. The summed E-state index contributed by atoms with van der Waals surface area (Å²) in [4.78, 5) is 12.0. The second kappa shape index (κ2) is 4.94. The van der Waals surface area contributed by atoms with E-state index in [1.54, 1.807) is 6.08 Å². The summed E-state index contributed by atoms with van der Waals surface area (Å²) in [6, 6.07) is 9.25. The van der Waals surface area contributed by atoms with Crippen LogP contribution < -0.4 is 5.73 Å². The lowest BCUT2D eigenvalue weighted by Gasteiger charge is -2.27. The monoisotopic (exact) mass is 323 g/mol. The molecule has 1 atom stereocenters. The maximum atomic E-state index is 11.7. The number of benzene rings is 1. The highest BCUT2D eigenvalue weighted by Crippen LogP contribution is 2.51. The molecule has 1 fully saturated rings. The highest BCUT2D eigenvalue weighted by atomic mass is 35.6. The van der Waals surface area contributed by atoms with Crippen molar-refractivity contribution in [2.45, 2.75) is 8.85 Å². The minimum absolute atomic E-state index is 0.301. The van der Waals surface area contributed by atoms with Gasteiger partial charge in [0.15, 0.2) is 0 Å². The van der Waals surface area contributed by atoms with Crippen molar-refractivity contribution in [1.82, 2.24) is 0 Å². The fourth-order valence-electron chi connectivity index (χ4n) is 1.32. The molecule has 96 valence electrons. The van der Waals surface area contributed by atoms with E-state index in [1.165, 1.54) is 0 Å². The van der Waals surface area contributed by atoms with Crippen LogP contribution in [0.1, 0.15) is 5.56 Å². The lowest BCUT2D eigenvalue weighted by atomic mass is 10.2. The van der Waals surface area contributed by atoms with E-state index in [4.69, 9.17) is 45.3 Å². The smallest absolute Gasteiger partial charge is 0.347 e. The molecule has 0 radical (unpaired) electrons. The van der Waals surface area contributed by atoms with Gasteiger partial charge in [0.25, 0.3) is 8.85 Å². The minimum Gasteiger partial charge on any atom is -0.425 e. The zero-order chi connectivity index (χ0) is 13.4. The standard InChI is InChI=1S/C11H8Cl3NO2S/c12-10(13,14)11(15)17-9(16)8(18-11)6-7-4-2-1-3-5-7/h1-6H,15H2. The number of esters is 1. The van der Waals surface area contributed by atoms with E-state index in [0.717, 1.165) is 17.3 Å². The summed E-state index contributed by atoms with van der Waals surface area (Å²) in [5, 5.41) is -1.70. The third-order valence-corrected chi connectivity index (χ3v) is 4.58. The number of alkyl halides is 3. The second-order valence-corrected chi connectivity index (χ2v) is 7.11. The molecule has 0 saturated carbocycles. The first kappa shape index (κ1) is 14.0. The Balaban J connectivity index is 2.28. The Kier molecular flexibility index (Phi) is 3.85. The number of thioether (sulfide) groups is 1. The van der Waals surface area contributed by atoms with Crippen molar-refractivity contribution in [2.75, 3.05) is 0 Å². The van der Waals surface area contributed by atoms with Crippen LogP contribution in [0, 0.1) is 0 Å². The summed E-state index contributed by atoms with van der Waals surface area (Å²) in [7, 11) is 0. The summed E-state index contributed by atoms with van der Waals surface area (Å²) < 4.78 is 3.03. The van der Waals surface area contributed by atoms with Crippen LogP contribution in [0.5, 0.6) is 0 Å². The number of carbonyl (C=O) groups is 1. The predicted octanol–water partition coefficient (Wildman–Crippen LogP) is 3.30. The van der Waals surface area contributed by atoms with Gasteiger partial charge in [0.05, 0.1) is 4.91 Å². The first-order valence-corrected chi connectivity index (χ1v) is 6.81. The molecule has 3 nitrogen and oxygen atoms in total. The van der Waals surface area contributed by atoms with Gasteiger partial charge in [-0.15, -0.1) is 0 Å². The van der Waals surface area contributed by atoms with E-state index in [-0.39, 0.29) is 0 Å². The van der Waals surface area contributed by atoms with Crippen LogP contribution in [0.2, 0.25) is 0 Å². The number of ether oxygens (including phenoxy) is 1. The molecule has 2 rings (SSSR count). The van der Waals surface area contributed by atoms with E-state index in [9.17, 15) is 4.79 Å². The molecule has 0 aliphatic carbocycles. The lowest BCUT2D eigenvalue weighted by Crippen LogP contribution is -2.48. The maximum absolute atomic E-state index is 11.7. The van der Waals surface area contributed by atoms with Crippen molar-refractivity contribution in [1.29, 1.82) is 0 Å². The fourth-order valence-corrected chi connectivity index (χ4v) is 2.66. The Labute approximate surface area is 123 Å². The summed E-state index contributed by atoms with van der Waals surface area (Å²) in [5.41, 5.74) is 6.59. The fraction of sp³-hybridized carbons (Fsp3) is 0.182. The van der Waals surface area contributed by atoms with Crippen molar-refractivity contribution < 1.29 is 9.53 Å². The Morgan fingerprint density at radius 2 is 1.89 bits per heavy atom. The summed E-state index contributed by atoms with van der Waals surface area (Å²) >= 11 is 18.0. The zero-order valence-electron chi connectivity index (χ0n) is 8.90. The Morgan fingerprint density at radius 1 is 1.28 bits per heavy atom. The third kappa shape index (κ3) is 2.78. The van der Waals surface area contributed by atoms with Gasteiger partial charge in [0, 0.05) is 0 Å². The average molecular weight is 325 g/mol. The van der Waals surface area contributed by atoms with Gasteiger partial charge in [-0.05, 0) is 11.6 Å². The molecule has 2 N–H and O–H groups in total. The van der Waals surface area contributed by atoms with Crippen LogP contribution in [-0.2, 0) is 9.53 Å². The van der Waals surface area contributed by atoms with Gasteiger partial charge in [-0.2, -0.15) is 0 Å². The van der Waals surface area contributed by atoms with E-state index in [0.29, 0.717) is 4.91 Å². The molecule has 1 aliphatic rings. The number of rotatable bonds is 1. The van der Waals surface area contributed by atoms with E-state index >= 15 is 0 Å². The highest BCUT2D eigenvalue weighted by Gasteiger charge is 2.56. The van der Waals surface area contributed by atoms with E-state index in [2.05, 4.69) is 0 Å². The molecule has 0 amide bonds. The molecule has 1 aromatic carbocycles. The molecular formula is C11H8Cl3NO2S. The van der Waals surface area contributed by atoms with Crippen LogP contribution in [0.15, 0.2) is 35.2 Å². The van der Waals surface area contributed by atoms with Gasteiger partial charge in [-0.1, -0.05) is 76.9 Å². The van der Waals surface area contributed by atoms with Crippen LogP contribution in [0.25, 0.3) is 6.08 Å². The topological polar surface area (TPSA) is 52.3 Å². The Hall–Kier alpha value is -0.390. The normalized spacial score (nSPS) is 26.4. The SMILES string of the molecule is NC1(C(Cl)(Cl)Cl)OC(=O)C(=Cc2ccccc2)S1.